The van der Waals surface area contributed by atoms with E-state index in [0.717, 1.165) is 37.4 Å². The topological polar surface area (TPSA) is 33.3 Å². The molecule has 1 fully saturated rings. The molecule has 0 bridgehead atoms. The van der Waals surface area contributed by atoms with E-state index >= 15 is 0 Å². The van der Waals surface area contributed by atoms with Gasteiger partial charge in [0.25, 0.3) is 0 Å². The van der Waals surface area contributed by atoms with E-state index in [4.69, 9.17) is 4.74 Å². The highest BCUT2D eigenvalue weighted by molar-refractivity contribution is 5.34. The molecule has 0 aliphatic carbocycles. The fourth-order valence-electron chi connectivity index (χ4n) is 2.54. The Morgan fingerprint density at radius 3 is 3.05 bits per heavy atom. The summed E-state index contributed by atoms with van der Waals surface area (Å²) in [5.74, 6) is 0.559. The zero-order valence-electron chi connectivity index (χ0n) is 11.5. The average Bonchev–Trinajstić information content (AvgIpc) is 2.45. The Hall–Kier alpha value is -1.13. The maximum atomic E-state index is 13.2. The van der Waals surface area contributed by atoms with Crippen LogP contribution >= 0.6 is 0 Å². The van der Waals surface area contributed by atoms with Crippen molar-refractivity contribution in [3.8, 4) is 5.75 Å². The van der Waals surface area contributed by atoms with E-state index < -0.39 is 0 Å². The number of hydrogen-bond donors (Lipinski definition) is 2. The molecule has 19 heavy (non-hydrogen) atoms. The van der Waals surface area contributed by atoms with Crippen molar-refractivity contribution < 1.29 is 9.13 Å². The van der Waals surface area contributed by atoms with Gasteiger partial charge in [0.2, 0.25) is 0 Å². The molecule has 4 heteroatoms. The van der Waals surface area contributed by atoms with Crippen LogP contribution in [-0.4, -0.2) is 32.8 Å². The summed E-state index contributed by atoms with van der Waals surface area (Å²) in [4.78, 5) is 0. The molecule has 0 spiro atoms. The molecule has 0 aromatic heterocycles. The van der Waals surface area contributed by atoms with E-state index in [0.29, 0.717) is 6.04 Å². The minimum Gasteiger partial charge on any atom is -0.496 e. The van der Waals surface area contributed by atoms with E-state index in [1.807, 2.05) is 0 Å². The molecule has 1 aromatic carbocycles. The second-order valence-electron chi connectivity index (χ2n) is 5.06. The molecule has 1 aromatic rings. The summed E-state index contributed by atoms with van der Waals surface area (Å²) in [7, 11) is 1.62. The van der Waals surface area contributed by atoms with Crippen molar-refractivity contribution in [1.82, 2.24) is 10.6 Å². The third-order valence-corrected chi connectivity index (χ3v) is 3.62. The lowest BCUT2D eigenvalue weighted by Crippen LogP contribution is -2.42. The smallest absolute Gasteiger partial charge is 0.123 e. The molecule has 1 heterocycles. The quantitative estimate of drug-likeness (QED) is 0.774. The monoisotopic (exact) mass is 266 g/mol. The van der Waals surface area contributed by atoms with Crippen LogP contribution in [0.15, 0.2) is 18.2 Å². The van der Waals surface area contributed by atoms with E-state index in [9.17, 15) is 4.39 Å². The molecule has 3 nitrogen and oxygen atoms in total. The first kappa shape index (κ1) is 14.3. The van der Waals surface area contributed by atoms with Crippen LogP contribution in [0.5, 0.6) is 5.75 Å². The lowest BCUT2D eigenvalue weighted by molar-refractivity contribution is 0.383. The summed E-state index contributed by atoms with van der Waals surface area (Å²) in [6.45, 7) is 2.96. The number of nitrogens with one attached hydrogen (secondary N) is 2. The Balaban J connectivity index is 1.74. The molecule has 1 aliphatic heterocycles. The summed E-state index contributed by atoms with van der Waals surface area (Å²) >= 11 is 0. The van der Waals surface area contributed by atoms with Crippen LogP contribution in [0.4, 0.5) is 4.39 Å². The van der Waals surface area contributed by atoms with Gasteiger partial charge in [-0.1, -0.05) is 6.42 Å². The number of rotatable bonds is 6. The van der Waals surface area contributed by atoms with Gasteiger partial charge in [-0.3, -0.25) is 0 Å². The fourth-order valence-corrected chi connectivity index (χ4v) is 2.54. The molecule has 1 saturated heterocycles. The SMILES string of the molecule is COc1ccc(F)cc1CCNCC1CCCCN1. The van der Waals surface area contributed by atoms with Gasteiger partial charge in [-0.25, -0.2) is 4.39 Å². The van der Waals surface area contributed by atoms with Crippen molar-refractivity contribution in [2.45, 2.75) is 31.7 Å². The standard InChI is InChI=1S/C15H23FN2O/c1-19-15-6-5-13(16)10-12(15)7-9-17-11-14-4-2-3-8-18-14/h5-6,10,14,17-18H,2-4,7-9,11H2,1H3. The largest absolute Gasteiger partial charge is 0.496 e. The van der Waals surface area contributed by atoms with Crippen LogP contribution in [0.3, 0.4) is 0 Å². The molecule has 2 rings (SSSR count). The van der Waals surface area contributed by atoms with Crippen LogP contribution in [0.1, 0.15) is 24.8 Å². The number of hydrogen-bond acceptors (Lipinski definition) is 3. The number of piperidine rings is 1. The highest BCUT2D eigenvalue weighted by atomic mass is 19.1. The predicted octanol–water partition coefficient (Wildman–Crippen LogP) is 2.11. The Morgan fingerprint density at radius 2 is 2.32 bits per heavy atom. The molecule has 0 amide bonds. The van der Waals surface area contributed by atoms with E-state index in [-0.39, 0.29) is 5.82 Å². The maximum absolute atomic E-state index is 13.2. The molecule has 1 unspecified atom stereocenters. The van der Waals surface area contributed by atoms with Gasteiger partial charge >= 0.3 is 0 Å². The molecule has 106 valence electrons. The minimum absolute atomic E-state index is 0.204. The molecule has 1 atom stereocenters. The summed E-state index contributed by atoms with van der Waals surface area (Å²) in [6, 6.07) is 5.26. The molecular formula is C15H23FN2O. The third-order valence-electron chi connectivity index (χ3n) is 3.62. The summed E-state index contributed by atoms with van der Waals surface area (Å²) in [5, 5.41) is 6.94. The highest BCUT2D eigenvalue weighted by Crippen LogP contribution is 2.19. The maximum Gasteiger partial charge on any atom is 0.123 e. The molecule has 0 radical (unpaired) electrons. The van der Waals surface area contributed by atoms with Gasteiger partial charge in [-0.15, -0.1) is 0 Å². The van der Waals surface area contributed by atoms with Crippen LogP contribution < -0.4 is 15.4 Å². The summed E-state index contributed by atoms with van der Waals surface area (Å²) in [6.07, 6.45) is 4.64. The fraction of sp³-hybridized carbons (Fsp3) is 0.600. The molecule has 0 saturated carbocycles. The van der Waals surface area contributed by atoms with Crippen molar-refractivity contribution >= 4 is 0 Å². The highest BCUT2D eigenvalue weighted by Gasteiger charge is 2.11. The van der Waals surface area contributed by atoms with Crippen LogP contribution in [0.2, 0.25) is 0 Å². The lowest BCUT2D eigenvalue weighted by atomic mass is 10.0. The van der Waals surface area contributed by atoms with Crippen LogP contribution in [0, 0.1) is 5.82 Å². The Kier molecular flexibility index (Phi) is 5.61. The van der Waals surface area contributed by atoms with Gasteiger partial charge in [0.05, 0.1) is 7.11 Å². The van der Waals surface area contributed by atoms with Crippen LogP contribution in [-0.2, 0) is 6.42 Å². The van der Waals surface area contributed by atoms with Gasteiger partial charge in [-0.05, 0) is 56.1 Å². The van der Waals surface area contributed by atoms with Gasteiger partial charge < -0.3 is 15.4 Å². The van der Waals surface area contributed by atoms with Gasteiger partial charge in [-0.2, -0.15) is 0 Å². The van der Waals surface area contributed by atoms with Gasteiger partial charge in [0, 0.05) is 12.6 Å². The Morgan fingerprint density at radius 1 is 1.42 bits per heavy atom. The number of ether oxygens (including phenoxy) is 1. The molecule has 1 aliphatic rings. The number of benzene rings is 1. The Bertz CT molecular complexity index is 392. The first-order valence-electron chi connectivity index (χ1n) is 7.06. The second kappa shape index (κ2) is 7.46. The van der Waals surface area contributed by atoms with Crippen molar-refractivity contribution in [3.05, 3.63) is 29.6 Å². The minimum atomic E-state index is -0.204. The summed E-state index contributed by atoms with van der Waals surface area (Å²) < 4.78 is 18.4. The second-order valence-corrected chi connectivity index (χ2v) is 5.06. The zero-order chi connectivity index (χ0) is 13.5. The van der Waals surface area contributed by atoms with Gasteiger partial charge in [0.1, 0.15) is 11.6 Å². The number of methoxy groups -OCH3 is 1. The summed E-state index contributed by atoms with van der Waals surface area (Å²) in [5.41, 5.74) is 0.923. The lowest BCUT2D eigenvalue weighted by Gasteiger charge is -2.23. The van der Waals surface area contributed by atoms with Crippen molar-refractivity contribution in [2.24, 2.45) is 0 Å². The molecular weight excluding hydrogens is 243 g/mol. The number of halogens is 1. The van der Waals surface area contributed by atoms with Gasteiger partial charge in [0.15, 0.2) is 0 Å². The zero-order valence-corrected chi connectivity index (χ0v) is 11.5. The average molecular weight is 266 g/mol. The van der Waals surface area contributed by atoms with Crippen LogP contribution in [0.25, 0.3) is 0 Å². The van der Waals surface area contributed by atoms with Crippen molar-refractivity contribution in [3.63, 3.8) is 0 Å². The predicted molar refractivity (Wildman–Crippen MR) is 75.2 cm³/mol. The first-order chi connectivity index (χ1) is 9.29. The van der Waals surface area contributed by atoms with E-state index in [1.54, 1.807) is 19.2 Å². The van der Waals surface area contributed by atoms with E-state index in [2.05, 4.69) is 10.6 Å². The Labute approximate surface area is 114 Å². The molecule has 2 N–H and O–H groups in total. The third kappa shape index (κ3) is 4.48. The van der Waals surface area contributed by atoms with Crippen molar-refractivity contribution in [2.75, 3.05) is 26.7 Å². The normalized spacial score (nSPS) is 19.4. The van der Waals surface area contributed by atoms with Crippen molar-refractivity contribution in [1.29, 1.82) is 0 Å². The van der Waals surface area contributed by atoms with E-state index in [1.165, 1.54) is 25.3 Å². The first-order valence-corrected chi connectivity index (χ1v) is 7.06.